The molecule has 11 heteroatoms. The van der Waals surface area contributed by atoms with E-state index in [1.54, 1.807) is 12.1 Å². The van der Waals surface area contributed by atoms with E-state index in [0.717, 1.165) is 6.07 Å². The van der Waals surface area contributed by atoms with E-state index in [2.05, 4.69) is 30.4 Å². The minimum atomic E-state index is -1.08. The molecule has 0 spiro atoms. The standard InChI is InChI=1S/C15H9F2N7O2/c16-7-3-1-4-8(10(7)17)19-15-22-11(21-14(18)23-15)12-20-13(26-24-12)9-5-2-6-25-9/h1-6H,(H3,18,19,21,22,23). The maximum absolute atomic E-state index is 13.8. The van der Waals surface area contributed by atoms with E-state index >= 15 is 0 Å². The van der Waals surface area contributed by atoms with Gasteiger partial charge in [0.15, 0.2) is 17.4 Å². The molecule has 3 aromatic heterocycles. The van der Waals surface area contributed by atoms with Crippen LogP contribution in [0.15, 0.2) is 45.5 Å². The van der Waals surface area contributed by atoms with Gasteiger partial charge in [0.2, 0.25) is 23.5 Å². The fourth-order valence-electron chi connectivity index (χ4n) is 2.08. The summed E-state index contributed by atoms with van der Waals surface area (Å²) in [4.78, 5) is 15.9. The first-order chi connectivity index (χ1) is 12.6. The Kier molecular flexibility index (Phi) is 3.73. The second-order valence-electron chi connectivity index (χ2n) is 4.97. The molecule has 0 aliphatic rings. The molecule has 3 N–H and O–H groups in total. The molecule has 4 rings (SSSR count). The van der Waals surface area contributed by atoms with Gasteiger partial charge in [-0.25, -0.2) is 8.78 Å². The number of halogens is 2. The summed E-state index contributed by atoms with van der Waals surface area (Å²) in [5, 5.41) is 6.28. The Hall–Kier alpha value is -3.89. The van der Waals surface area contributed by atoms with Crippen molar-refractivity contribution < 1.29 is 17.7 Å². The molecule has 0 unspecified atom stereocenters. The smallest absolute Gasteiger partial charge is 0.294 e. The topological polar surface area (TPSA) is 129 Å². The Balaban J connectivity index is 1.67. The number of nitrogen functional groups attached to an aromatic ring is 1. The van der Waals surface area contributed by atoms with Crippen molar-refractivity contribution in [1.29, 1.82) is 0 Å². The maximum Gasteiger partial charge on any atom is 0.294 e. The first-order valence-electron chi connectivity index (χ1n) is 7.20. The summed E-state index contributed by atoms with van der Waals surface area (Å²) in [6, 6.07) is 6.94. The Bertz CT molecular complexity index is 1070. The van der Waals surface area contributed by atoms with Crippen molar-refractivity contribution in [3.05, 3.63) is 48.2 Å². The van der Waals surface area contributed by atoms with Crippen molar-refractivity contribution in [2.24, 2.45) is 0 Å². The van der Waals surface area contributed by atoms with Crippen LogP contribution in [0.3, 0.4) is 0 Å². The third-order valence-electron chi connectivity index (χ3n) is 3.21. The lowest BCUT2D eigenvalue weighted by Crippen LogP contribution is -2.06. The number of benzene rings is 1. The van der Waals surface area contributed by atoms with E-state index in [1.165, 1.54) is 18.4 Å². The highest BCUT2D eigenvalue weighted by atomic mass is 19.2. The van der Waals surface area contributed by atoms with Crippen LogP contribution in [0.1, 0.15) is 0 Å². The van der Waals surface area contributed by atoms with Crippen molar-refractivity contribution in [2.75, 3.05) is 11.1 Å². The highest BCUT2D eigenvalue weighted by Gasteiger charge is 2.17. The first-order valence-corrected chi connectivity index (χ1v) is 7.20. The van der Waals surface area contributed by atoms with Crippen LogP contribution >= 0.6 is 0 Å². The average Bonchev–Trinajstić information content (AvgIpc) is 3.29. The molecule has 1 aromatic carbocycles. The predicted molar refractivity (Wildman–Crippen MR) is 84.9 cm³/mol. The van der Waals surface area contributed by atoms with Crippen LogP contribution in [0.25, 0.3) is 23.3 Å². The Morgan fingerprint density at radius 2 is 1.85 bits per heavy atom. The number of nitrogens with zero attached hydrogens (tertiary/aromatic N) is 5. The second-order valence-corrected chi connectivity index (χ2v) is 4.97. The molecule has 4 aromatic rings. The van der Waals surface area contributed by atoms with Gasteiger partial charge in [-0.05, 0) is 24.3 Å². The molecule has 130 valence electrons. The zero-order valence-corrected chi connectivity index (χ0v) is 12.8. The van der Waals surface area contributed by atoms with Crippen molar-refractivity contribution in [3.8, 4) is 23.3 Å². The van der Waals surface area contributed by atoms with Crippen LogP contribution in [-0.2, 0) is 0 Å². The normalized spacial score (nSPS) is 10.8. The number of nitrogens with two attached hydrogens (primary N) is 1. The molecule has 0 aliphatic carbocycles. The number of hydrogen-bond acceptors (Lipinski definition) is 9. The van der Waals surface area contributed by atoms with Crippen LogP contribution in [0.5, 0.6) is 0 Å². The lowest BCUT2D eigenvalue weighted by atomic mass is 10.3. The van der Waals surface area contributed by atoms with Crippen LogP contribution in [0.4, 0.5) is 26.4 Å². The molecule has 0 saturated carbocycles. The third kappa shape index (κ3) is 2.92. The summed E-state index contributed by atoms with van der Waals surface area (Å²) in [6.07, 6.45) is 1.45. The minimum absolute atomic E-state index is 0.0154. The second kappa shape index (κ2) is 6.20. The summed E-state index contributed by atoms with van der Waals surface area (Å²) in [6.45, 7) is 0. The summed E-state index contributed by atoms with van der Waals surface area (Å²) in [5.74, 6) is -1.88. The van der Waals surface area contributed by atoms with Gasteiger partial charge in [0.1, 0.15) is 0 Å². The molecule has 9 nitrogen and oxygen atoms in total. The van der Waals surface area contributed by atoms with E-state index in [9.17, 15) is 8.78 Å². The molecule has 26 heavy (non-hydrogen) atoms. The molecule has 0 bridgehead atoms. The van der Waals surface area contributed by atoms with Crippen molar-refractivity contribution in [1.82, 2.24) is 25.1 Å². The van der Waals surface area contributed by atoms with Gasteiger partial charge in [-0.15, -0.1) is 0 Å². The SMILES string of the molecule is Nc1nc(Nc2cccc(F)c2F)nc(-c2noc(-c3ccco3)n2)n1. The van der Waals surface area contributed by atoms with Crippen LogP contribution in [0, 0.1) is 11.6 Å². The van der Waals surface area contributed by atoms with Crippen LogP contribution < -0.4 is 11.1 Å². The van der Waals surface area contributed by atoms with E-state index in [4.69, 9.17) is 14.7 Å². The minimum Gasteiger partial charge on any atom is -0.459 e. The quantitative estimate of drug-likeness (QED) is 0.566. The highest BCUT2D eigenvalue weighted by Crippen LogP contribution is 2.23. The van der Waals surface area contributed by atoms with E-state index in [-0.39, 0.29) is 35.1 Å². The van der Waals surface area contributed by atoms with Gasteiger partial charge in [0.05, 0.1) is 12.0 Å². The molecule has 0 fully saturated rings. The van der Waals surface area contributed by atoms with Gasteiger partial charge in [-0.1, -0.05) is 11.2 Å². The van der Waals surface area contributed by atoms with Crippen LogP contribution in [0.2, 0.25) is 0 Å². The summed E-state index contributed by atoms with van der Waals surface area (Å²) in [7, 11) is 0. The summed E-state index contributed by atoms with van der Waals surface area (Å²) >= 11 is 0. The highest BCUT2D eigenvalue weighted by molar-refractivity contribution is 5.58. The third-order valence-corrected chi connectivity index (χ3v) is 3.21. The van der Waals surface area contributed by atoms with Crippen molar-refractivity contribution in [2.45, 2.75) is 0 Å². The average molecular weight is 357 g/mol. The molecule has 0 atom stereocenters. The van der Waals surface area contributed by atoms with Gasteiger partial charge in [-0.3, -0.25) is 0 Å². The number of furan rings is 1. The summed E-state index contributed by atoms with van der Waals surface area (Å²) < 4.78 is 37.3. The van der Waals surface area contributed by atoms with Gasteiger partial charge in [0, 0.05) is 0 Å². The van der Waals surface area contributed by atoms with Crippen molar-refractivity contribution >= 4 is 17.6 Å². The zero-order chi connectivity index (χ0) is 18.1. The molecule has 0 amide bonds. The number of nitrogens with one attached hydrogen (secondary N) is 1. The van der Waals surface area contributed by atoms with Crippen LogP contribution in [-0.4, -0.2) is 25.1 Å². The lowest BCUT2D eigenvalue weighted by Gasteiger charge is -2.07. The number of rotatable bonds is 4. The molecule has 0 saturated heterocycles. The van der Waals surface area contributed by atoms with E-state index in [0.29, 0.717) is 5.76 Å². The molecule has 3 heterocycles. The number of aromatic nitrogens is 5. The molecular weight excluding hydrogens is 348 g/mol. The van der Waals surface area contributed by atoms with Gasteiger partial charge < -0.3 is 20.0 Å². The Morgan fingerprint density at radius 1 is 0.962 bits per heavy atom. The predicted octanol–water partition coefficient (Wildman–Crippen LogP) is 2.79. The van der Waals surface area contributed by atoms with E-state index in [1.807, 2.05) is 0 Å². The lowest BCUT2D eigenvalue weighted by molar-refractivity contribution is 0.416. The van der Waals surface area contributed by atoms with E-state index < -0.39 is 11.6 Å². The van der Waals surface area contributed by atoms with Crippen molar-refractivity contribution in [3.63, 3.8) is 0 Å². The fourth-order valence-corrected chi connectivity index (χ4v) is 2.08. The Morgan fingerprint density at radius 3 is 2.65 bits per heavy atom. The largest absolute Gasteiger partial charge is 0.459 e. The van der Waals surface area contributed by atoms with Gasteiger partial charge >= 0.3 is 0 Å². The zero-order valence-electron chi connectivity index (χ0n) is 12.8. The molecule has 0 radical (unpaired) electrons. The monoisotopic (exact) mass is 357 g/mol. The molecule has 0 aliphatic heterocycles. The summed E-state index contributed by atoms with van der Waals surface area (Å²) in [5.41, 5.74) is 5.48. The number of hydrogen-bond donors (Lipinski definition) is 2. The maximum atomic E-state index is 13.8. The first kappa shape index (κ1) is 15.6. The molecular formula is C15H9F2N7O2. The number of anilines is 3. The van der Waals surface area contributed by atoms with Gasteiger partial charge in [-0.2, -0.15) is 19.9 Å². The Labute approximate surface area is 143 Å². The fraction of sp³-hybridized carbons (Fsp3) is 0. The van der Waals surface area contributed by atoms with Gasteiger partial charge in [0.25, 0.3) is 5.89 Å².